The molecule has 2 aromatic rings. The number of likely N-dealkylation sites (tertiary alicyclic amines) is 1. The Morgan fingerprint density at radius 1 is 1.18 bits per heavy atom. The first-order chi connectivity index (χ1) is 10.8. The molecule has 1 unspecified atom stereocenters. The molecule has 0 saturated carbocycles. The van der Waals surface area contributed by atoms with Gasteiger partial charge >= 0.3 is 0 Å². The van der Waals surface area contributed by atoms with Crippen molar-refractivity contribution in [3.63, 3.8) is 0 Å². The number of nitrogens with zero attached hydrogens (tertiary/aromatic N) is 3. The number of carbonyl (C=O) groups excluding carboxylic acids is 1. The predicted octanol–water partition coefficient (Wildman–Crippen LogP) is 1.78. The molecule has 0 aliphatic carbocycles. The first kappa shape index (κ1) is 14.3. The van der Waals surface area contributed by atoms with Gasteiger partial charge in [-0.2, -0.15) is 0 Å². The van der Waals surface area contributed by atoms with Crippen LogP contribution in [0.2, 0.25) is 0 Å². The Hall–Kier alpha value is -2.63. The number of rotatable bonds is 4. The molecule has 1 amide bonds. The number of ether oxygens (including phenoxy) is 2. The van der Waals surface area contributed by atoms with Crippen LogP contribution in [0, 0.1) is 0 Å². The molecule has 6 nitrogen and oxygen atoms in total. The van der Waals surface area contributed by atoms with E-state index in [0.717, 1.165) is 6.42 Å². The van der Waals surface area contributed by atoms with Gasteiger partial charge < -0.3 is 14.4 Å². The van der Waals surface area contributed by atoms with Gasteiger partial charge in [-0.1, -0.05) is 18.2 Å². The Kier molecular flexibility index (Phi) is 4.18. The zero-order chi connectivity index (χ0) is 15.4. The van der Waals surface area contributed by atoms with Crippen LogP contribution in [0.1, 0.15) is 16.8 Å². The van der Waals surface area contributed by atoms with Crippen molar-refractivity contribution in [1.82, 2.24) is 14.9 Å². The molecule has 1 aromatic heterocycles. The molecule has 0 spiro atoms. The first-order valence-corrected chi connectivity index (χ1v) is 7.14. The van der Waals surface area contributed by atoms with E-state index in [9.17, 15) is 4.79 Å². The van der Waals surface area contributed by atoms with Gasteiger partial charge in [-0.25, -0.2) is 9.97 Å². The minimum atomic E-state index is -0.0988. The van der Waals surface area contributed by atoms with Crippen molar-refractivity contribution in [2.45, 2.75) is 12.5 Å². The maximum absolute atomic E-state index is 12.4. The molecular formula is C16H17N3O3. The number of aromatic nitrogens is 2. The van der Waals surface area contributed by atoms with Gasteiger partial charge in [-0.3, -0.25) is 4.79 Å². The molecule has 0 bridgehead atoms. The third kappa shape index (κ3) is 3.00. The Morgan fingerprint density at radius 2 is 1.91 bits per heavy atom. The van der Waals surface area contributed by atoms with Crippen molar-refractivity contribution in [1.29, 1.82) is 0 Å². The van der Waals surface area contributed by atoms with Crippen molar-refractivity contribution in [3.8, 4) is 11.8 Å². The molecule has 22 heavy (non-hydrogen) atoms. The van der Waals surface area contributed by atoms with Crippen LogP contribution in [-0.2, 0) is 0 Å². The van der Waals surface area contributed by atoms with Gasteiger partial charge in [0.25, 0.3) is 17.7 Å². The molecule has 2 heterocycles. The number of carbonyl (C=O) groups is 1. The van der Waals surface area contributed by atoms with Crippen LogP contribution in [0.3, 0.4) is 0 Å². The van der Waals surface area contributed by atoms with Crippen molar-refractivity contribution in [2.24, 2.45) is 0 Å². The molecule has 1 aliphatic heterocycles. The molecule has 0 N–H and O–H groups in total. The predicted molar refractivity (Wildman–Crippen MR) is 80.0 cm³/mol. The van der Waals surface area contributed by atoms with E-state index in [0.29, 0.717) is 30.4 Å². The average molecular weight is 299 g/mol. The normalized spacial score (nSPS) is 17.3. The van der Waals surface area contributed by atoms with Crippen LogP contribution < -0.4 is 9.47 Å². The van der Waals surface area contributed by atoms with Crippen LogP contribution >= 0.6 is 0 Å². The summed E-state index contributed by atoms with van der Waals surface area (Å²) in [5.74, 6) is 0.747. The summed E-state index contributed by atoms with van der Waals surface area (Å²) in [7, 11) is 1.52. The van der Waals surface area contributed by atoms with Crippen molar-refractivity contribution >= 4 is 5.91 Å². The standard InChI is InChI=1S/C16H17N3O3/c1-21-14-15(18-9-8-17-14)22-13-7-10-19(11-13)16(20)12-5-3-2-4-6-12/h2-6,8-9,13H,7,10-11H2,1H3. The Bertz CT molecular complexity index is 648. The molecular weight excluding hydrogens is 282 g/mol. The lowest BCUT2D eigenvalue weighted by molar-refractivity contribution is 0.0770. The van der Waals surface area contributed by atoms with E-state index in [1.54, 1.807) is 17.3 Å². The van der Waals surface area contributed by atoms with E-state index in [-0.39, 0.29) is 12.0 Å². The van der Waals surface area contributed by atoms with E-state index >= 15 is 0 Å². The van der Waals surface area contributed by atoms with Gasteiger partial charge in [0.05, 0.1) is 13.7 Å². The zero-order valence-corrected chi connectivity index (χ0v) is 12.3. The molecule has 0 radical (unpaired) electrons. The van der Waals surface area contributed by atoms with Crippen molar-refractivity contribution in [2.75, 3.05) is 20.2 Å². The van der Waals surface area contributed by atoms with Crippen LogP contribution in [0.15, 0.2) is 42.7 Å². The summed E-state index contributed by atoms with van der Waals surface area (Å²) >= 11 is 0. The molecule has 3 rings (SSSR count). The fraction of sp³-hybridized carbons (Fsp3) is 0.312. The third-order valence-corrected chi connectivity index (χ3v) is 3.56. The highest BCUT2D eigenvalue weighted by Gasteiger charge is 2.29. The van der Waals surface area contributed by atoms with Gasteiger partial charge in [0.15, 0.2) is 0 Å². The van der Waals surface area contributed by atoms with Crippen LogP contribution in [-0.4, -0.2) is 47.1 Å². The second kappa shape index (κ2) is 6.43. The quantitative estimate of drug-likeness (QED) is 0.861. The van der Waals surface area contributed by atoms with Crippen molar-refractivity contribution < 1.29 is 14.3 Å². The Morgan fingerprint density at radius 3 is 2.64 bits per heavy atom. The summed E-state index contributed by atoms with van der Waals surface area (Å²) < 4.78 is 10.9. The zero-order valence-electron chi connectivity index (χ0n) is 12.3. The molecule has 114 valence electrons. The minimum absolute atomic E-state index is 0.0258. The second-order valence-electron chi connectivity index (χ2n) is 5.02. The summed E-state index contributed by atoms with van der Waals surface area (Å²) in [5.41, 5.74) is 0.695. The number of hydrogen-bond acceptors (Lipinski definition) is 5. The first-order valence-electron chi connectivity index (χ1n) is 7.14. The summed E-state index contributed by atoms with van der Waals surface area (Å²) in [4.78, 5) is 22.4. The van der Waals surface area contributed by atoms with E-state index in [2.05, 4.69) is 9.97 Å². The van der Waals surface area contributed by atoms with E-state index in [4.69, 9.17) is 9.47 Å². The molecule has 1 aromatic carbocycles. The molecule has 6 heteroatoms. The fourth-order valence-corrected chi connectivity index (χ4v) is 2.46. The third-order valence-electron chi connectivity index (χ3n) is 3.56. The monoisotopic (exact) mass is 299 g/mol. The lowest BCUT2D eigenvalue weighted by Gasteiger charge is -2.17. The lowest BCUT2D eigenvalue weighted by atomic mass is 10.2. The van der Waals surface area contributed by atoms with Crippen LogP contribution in [0.5, 0.6) is 11.8 Å². The number of hydrogen-bond donors (Lipinski definition) is 0. The SMILES string of the molecule is COc1nccnc1OC1CCN(C(=O)c2ccccc2)C1. The topological polar surface area (TPSA) is 64.6 Å². The maximum atomic E-state index is 12.4. The van der Waals surface area contributed by atoms with Crippen molar-refractivity contribution in [3.05, 3.63) is 48.3 Å². The lowest BCUT2D eigenvalue weighted by Crippen LogP contribution is -2.31. The number of methoxy groups -OCH3 is 1. The highest BCUT2D eigenvalue weighted by molar-refractivity contribution is 5.94. The highest BCUT2D eigenvalue weighted by Crippen LogP contribution is 2.24. The molecule has 1 fully saturated rings. The van der Waals surface area contributed by atoms with E-state index < -0.39 is 0 Å². The summed E-state index contributed by atoms with van der Waals surface area (Å²) in [6.07, 6.45) is 3.77. The summed E-state index contributed by atoms with van der Waals surface area (Å²) in [6.45, 7) is 1.20. The van der Waals surface area contributed by atoms with Crippen LogP contribution in [0.25, 0.3) is 0 Å². The van der Waals surface area contributed by atoms with E-state index in [1.165, 1.54) is 7.11 Å². The summed E-state index contributed by atoms with van der Waals surface area (Å²) in [6, 6.07) is 9.26. The fourth-order valence-electron chi connectivity index (χ4n) is 2.46. The van der Waals surface area contributed by atoms with Gasteiger partial charge in [-0.15, -0.1) is 0 Å². The van der Waals surface area contributed by atoms with Crippen LogP contribution in [0.4, 0.5) is 0 Å². The van der Waals surface area contributed by atoms with Gasteiger partial charge in [-0.05, 0) is 12.1 Å². The molecule has 1 aliphatic rings. The average Bonchev–Trinajstić information content (AvgIpc) is 3.04. The summed E-state index contributed by atoms with van der Waals surface area (Å²) in [5, 5.41) is 0. The maximum Gasteiger partial charge on any atom is 0.278 e. The Labute approximate surface area is 128 Å². The highest BCUT2D eigenvalue weighted by atomic mass is 16.5. The van der Waals surface area contributed by atoms with E-state index in [1.807, 2.05) is 30.3 Å². The largest absolute Gasteiger partial charge is 0.477 e. The number of benzene rings is 1. The Balaban J connectivity index is 1.64. The molecule has 1 atom stereocenters. The minimum Gasteiger partial charge on any atom is -0.477 e. The second-order valence-corrected chi connectivity index (χ2v) is 5.02. The van der Waals surface area contributed by atoms with Gasteiger partial charge in [0, 0.05) is 30.9 Å². The molecule has 1 saturated heterocycles. The number of amides is 1. The van der Waals surface area contributed by atoms with Gasteiger partial charge in [0.2, 0.25) is 0 Å². The van der Waals surface area contributed by atoms with Gasteiger partial charge in [0.1, 0.15) is 6.10 Å². The smallest absolute Gasteiger partial charge is 0.278 e.